The van der Waals surface area contributed by atoms with Crippen LogP contribution in [0.1, 0.15) is 0 Å². The lowest BCUT2D eigenvalue weighted by Gasteiger charge is -2.43. The van der Waals surface area contributed by atoms with Gasteiger partial charge >= 0.3 is 0 Å². The first-order valence-corrected chi connectivity index (χ1v) is 5.84. The number of hydrogen-bond acceptors (Lipinski definition) is 5. The van der Waals surface area contributed by atoms with Crippen LogP contribution in [-0.2, 0) is 4.79 Å². The van der Waals surface area contributed by atoms with Gasteiger partial charge in [0.25, 0.3) is 5.91 Å². The quantitative estimate of drug-likeness (QED) is 0.654. The standard InChI is InChI=1S/C10H12ClN5O/c1-15-6-5-13-10(11)14-8(6)16-3-2-12-4-7(16)9(15)17/h5,7,12H,2-4H2,1H3/t7-/m1/s1. The summed E-state index contributed by atoms with van der Waals surface area (Å²) in [4.78, 5) is 23.9. The summed E-state index contributed by atoms with van der Waals surface area (Å²) in [6.45, 7) is 2.24. The molecule has 7 heteroatoms. The number of carbonyl (C=O) groups is 1. The van der Waals surface area contributed by atoms with E-state index >= 15 is 0 Å². The molecule has 1 atom stereocenters. The zero-order valence-corrected chi connectivity index (χ0v) is 10.1. The predicted octanol–water partition coefficient (Wildman–Crippen LogP) is -0.115. The molecule has 1 aromatic rings. The van der Waals surface area contributed by atoms with E-state index in [-0.39, 0.29) is 17.2 Å². The Kier molecular flexibility index (Phi) is 2.41. The lowest BCUT2D eigenvalue weighted by atomic mass is 10.1. The number of anilines is 2. The predicted molar refractivity (Wildman–Crippen MR) is 64.5 cm³/mol. The van der Waals surface area contributed by atoms with Gasteiger partial charge in [-0.25, -0.2) is 4.98 Å². The average Bonchev–Trinajstić information content (AvgIpc) is 2.36. The zero-order valence-electron chi connectivity index (χ0n) is 9.35. The van der Waals surface area contributed by atoms with E-state index in [1.54, 1.807) is 18.1 Å². The minimum Gasteiger partial charge on any atom is -0.340 e. The Balaban J connectivity index is 2.13. The van der Waals surface area contributed by atoms with Crippen molar-refractivity contribution in [3.05, 3.63) is 11.5 Å². The molecule has 1 saturated heterocycles. The SMILES string of the molecule is CN1C(=O)[C@H]2CNCCN2c2nc(Cl)ncc21. The summed E-state index contributed by atoms with van der Waals surface area (Å²) >= 11 is 5.82. The van der Waals surface area contributed by atoms with Gasteiger partial charge in [0, 0.05) is 26.7 Å². The number of piperazine rings is 1. The van der Waals surface area contributed by atoms with Gasteiger partial charge in [-0.1, -0.05) is 0 Å². The highest BCUT2D eigenvalue weighted by molar-refractivity contribution is 6.28. The number of likely N-dealkylation sites (N-methyl/N-ethyl adjacent to an activating group) is 1. The molecule has 0 unspecified atom stereocenters. The highest BCUT2D eigenvalue weighted by atomic mass is 35.5. The van der Waals surface area contributed by atoms with Crippen molar-refractivity contribution in [2.75, 3.05) is 36.5 Å². The summed E-state index contributed by atoms with van der Waals surface area (Å²) in [5.74, 6) is 0.814. The first-order chi connectivity index (χ1) is 8.18. The Bertz CT molecular complexity index is 480. The zero-order chi connectivity index (χ0) is 12.0. The maximum absolute atomic E-state index is 12.2. The molecule has 3 heterocycles. The Morgan fingerprint density at radius 3 is 3.24 bits per heavy atom. The molecule has 1 fully saturated rings. The Morgan fingerprint density at radius 2 is 2.41 bits per heavy atom. The van der Waals surface area contributed by atoms with Gasteiger partial charge in [0.2, 0.25) is 5.28 Å². The molecule has 6 nitrogen and oxygen atoms in total. The van der Waals surface area contributed by atoms with Crippen molar-refractivity contribution in [1.29, 1.82) is 0 Å². The lowest BCUT2D eigenvalue weighted by Crippen LogP contribution is -2.61. The second-order valence-corrected chi connectivity index (χ2v) is 4.50. The van der Waals surface area contributed by atoms with Crippen molar-refractivity contribution >= 4 is 29.0 Å². The molecule has 0 radical (unpaired) electrons. The van der Waals surface area contributed by atoms with Gasteiger partial charge in [0.05, 0.1) is 6.20 Å². The van der Waals surface area contributed by atoms with Crippen LogP contribution in [0.3, 0.4) is 0 Å². The lowest BCUT2D eigenvalue weighted by molar-refractivity contribution is -0.120. The van der Waals surface area contributed by atoms with Gasteiger partial charge in [0.1, 0.15) is 11.7 Å². The minimum absolute atomic E-state index is 0.0654. The molecule has 3 rings (SSSR count). The topological polar surface area (TPSA) is 61.4 Å². The number of carbonyl (C=O) groups excluding carboxylic acids is 1. The second kappa shape index (κ2) is 3.82. The van der Waals surface area contributed by atoms with E-state index in [1.165, 1.54) is 0 Å². The molecule has 1 aromatic heterocycles. The summed E-state index contributed by atoms with van der Waals surface area (Å²) in [6, 6.07) is -0.188. The average molecular weight is 254 g/mol. The van der Waals surface area contributed by atoms with Crippen molar-refractivity contribution < 1.29 is 4.79 Å². The molecule has 0 bridgehead atoms. The van der Waals surface area contributed by atoms with E-state index in [2.05, 4.69) is 15.3 Å². The number of rotatable bonds is 0. The minimum atomic E-state index is -0.188. The van der Waals surface area contributed by atoms with Crippen molar-refractivity contribution in [1.82, 2.24) is 15.3 Å². The summed E-state index contributed by atoms with van der Waals surface area (Å²) in [6.07, 6.45) is 1.60. The van der Waals surface area contributed by atoms with E-state index in [4.69, 9.17) is 11.6 Å². The third kappa shape index (κ3) is 1.56. The summed E-state index contributed by atoms with van der Waals surface area (Å²) in [5, 5.41) is 3.43. The van der Waals surface area contributed by atoms with Crippen molar-refractivity contribution in [3.63, 3.8) is 0 Å². The van der Waals surface area contributed by atoms with Crippen molar-refractivity contribution in [2.24, 2.45) is 0 Å². The van der Waals surface area contributed by atoms with Crippen LogP contribution in [0.25, 0.3) is 0 Å². The molecule has 90 valence electrons. The van der Waals surface area contributed by atoms with Crippen LogP contribution in [0.15, 0.2) is 6.20 Å². The normalized spacial score (nSPS) is 23.4. The Hall–Kier alpha value is -1.40. The van der Waals surface area contributed by atoms with Gasteiger partial charge in [-0.15, -0.1) is 0 Å². The van der Waals surface area contributed by atoms with E-state index in [0.29, 0.717) is 6.54 Å². The molecule has 2 aliphatic rings. The van der Waals surface area contributed by atoms with Gasteiger partial charge in [-0.2, -0.15) is 4.98 Å². The van der Waals surface area contributed by atoms with Crippen LogP contribution in [0.2, 0.25) is 5.28 Å². The van der Waals surface area contributed by atoms with Gasteiger partial charge in [-0.05, 0) is 11.6 Å². The summed E-state index contributed by atoms with van der Waals surface area (Å²) in [5.41, 5.74) is 0.720. The fraction of sp³-hybridized carbons (Fsp3) is 0.500. The monoisotopic (exact) mass is 253 g/mol. The van der Waals surface area contributed by atoms with Crippen LogP contribution in [0.4, 0.5) is 11.5 Å². The highest BCUT2D eigenvalue weighted by Gasteiger charge is 2.39. The number of fused-ring (bicyclic) bond motifs is 3. The third-order valence-corrected chi connectivity index (χ3v) is 3.40. The van der Waals surface area contributed by atoms with Gasteiger partial charge < -0.3 is 15.1 Å². The first kappa shape index (κ1) is 10.7. The highest BCUT2D eigenvalue weighted by Crippen LogP contribution is 2.33. The van der Waals surface area contributed by atoms with Gasteiger partial charge in [-0.3, -0.25) is 4.79 Å². The van der Waals surface area contributed by atoms with E-state index < -0.39 is 0 Å². The van der Waals surface area contributed by atoms with Crippen LogP contribution >= 0.6 is 11.6 Å². The fourth-order valence-corrected chi connectivity index (χ4v) is 2.44. The van der Waals surface area contributed by atoms with Crippen LogP contribution < -0.4 is 15.1 Å². The molecule has 0 spiro atoms. The smallest absolute Gasteiger partial charge is 0.250 e. The first-order valence-electron chi connectivity index (χ1n) is 5.46. The molecule has 1 N–H and O–H groups in total. The van der Waals surface area contributed by atoms with E-state index in [1.807, 2.05) is 4.90 Å². The molecule has 0 aromatic carbocycles. The maximum Gasteiger partial charge on any atom is 0.250 e. The van der Waals surface area contributed by atoms with Gasteiger partial charge in [0.15, 0.2) is 5.82 Å². The third-order valence-electron chi connectivity index (χ3n) is 3.21. The molecule has 1 amide bonds. The van der Waals surface area contributed by atoms with Crippen molar-refractivity contribution in [2.45, 2.75) is 6.04 Å². The molecular formula is C10H12ClN5O. The van der Waals surface area contributed by atoms with E-state index in [9.17, 15) is 4.79 Å². The molecule has 0 saturated carbocycles. The maximum atomic E-state index is 12.2. The van der Waals surface area contributed by atoms with Crippen molar-refractivity contribution in [3.8, 4) is 0 Å². The molecular weight excluding hydrogens is 242 g/mol. The molecule has 17 heavy (non-hydrogen) atoms. The summed E-state index contributed by atoms with van der Waals surface area (Å²) < 4.78 is 0. The number of nitrogens with zero attached hydrogens (tertiary/aromatic N) is 4. The molecule has 2 aliphatic heterocycles. The number of amides is 1. The number of hydrogen-bond donors (Lipinski definition) is 1. The largest absolute Gasteiger partial charge is 0.340 e. The number of halogens is 1. The van der Waals surface area contributed by atoms with Crippen LogP contribution in [-0.4, -0.2) is 48.6 Å². The molecule has 0 aliphatic carbocycles. The van der Waals surface area contributed by atoms with Crippen LogP contribution in [0.5, 0.6) is 0 Å². The second-order valence-electron chi connectivity index (χ2n) is 4.16. The number of nitrogens with one attached hydrogen (secondary N) is 1. The Morgan fingerprint density at radius 1 is 1.59 bits per heavy atom. The number of aromatic nitrogens is 2. The van der Waals surface area contributed by atoms with E-state index in [0.717, 1.165) is 24.6 Å². The summed E-state index contributed by atoms with van der Waals surface area (Å²) in [7, 11) is 1.74. The van der Waals surface area contributed by atoms with Crippen LogP contribution in [0, 0.1) is 0 Å². The fourth-order valence-electron chi connectivity index (χ4n) is 2.31. The Labute approximate surface area is 104 Å².